The second-order valence-electron chi connectivity index (χ2n) is 3.81. The molecule has 0 spiro atoms. The molecule has 86 valence electrons. The standard InChI is InChI=1S/C12H10F4/c13-11-7-9(8-3-1-2-4-8)5-6-10(11)12(14,15)16/h3,5-7H,1-2,4H2. The second-order valence-corrected chi connectivity index (χ2v) is 3.81. The van der Waals surface area contributed by atoms with Crippen LogP contribution in [0, 0.1) is 5.82 Å². The molecule has 0 heterocycles. The van der Waals surface area contributed by atoms with Crippen LogP contribution in [0.1, 0.15) is 30.4 Å². The van der Waals surface area contributed by atoms with Crippen LogP contribution in [-0.4, -0.2) is 0 Å². The molecule has 0 fully saturated rings. The molecule has 2 rings (SSSR count). The fourth-order valence-corrected chi connectivity index (χ4v) is 1.88. The number of alkyl halides is 3. The molecule has 1 aliphatic carbocycles. The molecule has 0 amide bonds. The van der Waals surface area contributed by atoms with Crippen molar-refractivity contribution in [3.8, 4) is 0 Å². The summed E-state index contributed by atoms with van der Waals surface area (Å²) >= 11 is 0. The van der Waals surface area contributed by atoms with Gasteiger partial charge in [0.25, 0.3) is 0 Å². The zero-order valence-corrected chi connectivity index (χ0v) is 8.44. The molecule has 0 radical (unpaired) electrons. The average molecular weight is 230 g/mol. The lowest BCUT2D eigenvalue weighted by molar-refractivity contribution is -0.140. The first-order valence-electron chi connectivity index (χ1n) is 5.04. The molecule has 0 bridgehead atoms. The van der Waals surface area contributed by atoms with E-state index in [2.05, 4.69) is 0 Å². The summed E-state index contributed by atoms with van der Waals surface area (Å²) in [5, 5.41) is 0. The van der Waals surface area contributed by atoms with Crippen molar-refractivity contribution in [2.24, 2.45) is 0 Å². The minimum Gasteiger partial charge on any atom is -0.206 e. The molecule has 0 atom stereocenters. The number of benzene rings is 1. The molecule has 0 saturated heterocycles. The summed E-state index contributed by atoms with van der Waals surface area (Å²) < 4.78 is 50.2. The quantitative estimate of drug-likeness (QED) is 0.627. The highest BCUT2D eigenvalue weighted by atomic mass is 19.4. The first-order chi connectivity index (χ1) is 7.48. The van der Waals surface area contributed by atoms with Crippen LogP contribution in [0.3, 0.4) is 0 Å². The Balaban J connectivity index is 2.36. The lowest BCUT2D eigenvalue weighted by Crippen LogP contribution is -2.08. The minimum atomic E-state index is -4.62. The van der Waals surface area contributed by atoms with Gasteiger partial charge >= 0.3 is 6.18 Å². The van der Waals surface area contributed by atoms with Crippen molar-refractivity contribution in [2.75, 3.05) is 0 Å². The van der Waals surface area contributed by atoms with Gasteiger partial charge in [0.2, 0.25) is 0 Å². The predicted octanol–water partition coefficient (Wildman–Crippen LogP) is 4.41. The zero-order valence-electron chi connectivity index (χ0n) is 8.44. The maximum atomic E-state index is 13.3. The smallest absolute Gasteiger partial charge is 0.206 e. The third kappa shape index (κ3) is 2.10. The number of hydrogen-bond acceptors (Lipinski definition) is 0. The van der Waals surface area contributed by atoms with Crippen LogP contribution in [0.15, 0.2) is 24.3 Å². The van der Waals surface area contributed by atoms with Crippen molar-refractivity contribution < 1.29 is 17.6 Å². The Morgan fingerprint density at radius 1 is 1.12 bits per heavy atom. The Bertz CT molecular complexity index is 429. The van der Waals surface area contributed by atoms with E-state index >= 15 is 0 Å². The Morgan fingerprint density at radius 3 is 2.38 bits per heavy atom. The van der Waals surface area contributed by atoms with Gasteiger partial charge in [-0.25, -0.2) is 4.39 Å². The fourth-order valence-electron chi connectivity index (χ4n) is 1.88. The SMILES string of the molecule is Fc1cc(C2=CCCC2)ccc1C(F)(F)F. The fraction of sp³-hybridized carbons (Fsp3) is 0.333. The van der Waals surface area contributed by atoms with Crippen LogP contribution in [-0.2, 0) is 6.18 Å². The van der Waals surface area contributed by atoms with Gasteiger partial charge < -0.3 is 0 Å². The number of rotatable bonds is 1. The highest BCUT2D eigenvalue weighted by Crippen LogP contribution is 2.34. The van der Waals surface area contributed by atoms with E-state index in [0.717, 1.165) is 37.0 Å². The van der Waals surface area contributed by atoms with E-state index in [9.17, 15) is 17.6 Å². The average Bonchev–Trinajstić information content (AvgIpc) is 2.68. The van der Waals surface area contributed by atoms with E-state index in [1.165, 1.54) is 6.07 Å². The summed E-state index contributed by atoms with van der Waals surface area (Å²) in [6, 6.07) is 3.12. The Kier molecular flexibility index (Phi) is 2.74. The van der Waals surface area contributed by atoms with Crippen molar-refractivity contribution in [2.45, 2.75) is 25.4 Å². The zero-order chi connectivity index (χ0) is 11.8. The van der Waals surface area contributed by atoms with Gasteiger partial charge in [0.05, 0.1) is 5.56 Å². The van der Waals surface area contributed by atoms with E-state index in [1.807, 2.05) is 6.08 Å². The second kappa shape index (κ2) is 3.92. The molecule has 0 N–H and O–H groups in total. The van der Waals surface area contributed by atoms with Gasteiger partial charge in [-0.05, 0) is 42.5 Å². The van der Waals surface area contributed by atoms with Crippen LogP contribution in [0.2, 0.25) is 0 Å². The molecule has 0 nitrogen and oxygen atoms in total. The summed E-state index contributed by atoms with van der Waals surface area (Å²) in [4.78, 5) is 0. The highest BCUT2D eigenvalue weighted by molar-refractivity contribution is 5.67. The lowest BCUT2D eigenvalue weighted by Gasteiger charge is -2.09. The van der Waals surface area contributed by atoms with Crippen LogP contribution < -0.4 is 0 Å². The van der Waals surface area contributed by atoms with Crippen LogP contribution in [0.25, 0.3) is 5.57 Å². The third-order valence-corrected chi connectivity index (χ3v) is 2.69. The summed E-state index contributed by atoms with van der Waals surface area (Å²) in [5.41, 5.74) is 0.297. The Labute approximate surface area is 90.6 Å². The summed E-state index contributed by atoms with van der Waals surface area (Å²) in [6.07, 6.45) is 0.0372. The van der Waals surface area contributed by atoms with E-state index in [0.29, 0.717) is 5.56 Å². The molecule has 16 heavy (non-hydrogen) atoms. The topological polar surface area (TPSA) is 0 Å². The van der Waals surface area contributed by atoms with E-state index in [1.54, 1.807) is 0 Å². The molecule has 1 aromatic rings. The first kappa shape index (κ1) is 11.2. The summed E-state index contributed by atoms with van der Waals surface area (Å²) in [6.45, 7) is 0. The monoisotopic (exact) mass is 230 g/mol. The number of allylic oxidation sites excluding steroid dienone is 2. The number of halogens is 4. The summed E-state index contributed by atoms with van der Waals surface area (Å²) in [7, 11) is 0. The molecule has 0 aliphatic heterocycles. The van der Waals surface area contributed by atoms with Crippen molar-refractivity contribution in [3.05, 3.63) is 41.2 Å². The van der Waals surface area contributed by atoms with Gasteiger partial charge in [0.15, 0.2) is 0 Å². The molecule has 0 aromatic heterocycles. The first-order valence-corrected chi connectivity index (χ1v) is 5.04. The molecule has 1 aliphatic rings. The largest absolute Gasteiger partial charge is 0.419 e. The predicted molar refractivity (Wildman–Crippen MR) is 53.2 cm³/mol. The van der Waals surface area contributed by atoms with Crippen molar-refractivity contribution in [1.29, 1.82) is 0 Å². The lowest BCUT2D eigenvalue weighted by atomic mass is 10.0. The van der Waals surface area contributed by atoms with Gasteiger partial charge in [0, 0.05) is 0 Å². The van der Waals surface area contributed by atoms with E-state index in [4.69, 9.17) is 0 Å². The van der Waals surface area contributed by atoms with E-state index < -0.39 is 17.6 Å². The third-order valence-electron chi connectivity index (χ3n) is 2.69. The number of hydrogen-bond donors (Lipinski definition) is 0. The Morgan fingerprint density at radius 2 is 1.88 bits per heavy atom. The van der Waals surface area contributed by atoms with Gasteiger partial charge in [0.1, 0.15) is 5.82 Å². The molecular weight excluding hydrogens is 220 g/mol. The molecule has 4 heteroatoms. The van der Waals surface area contributed by atoms with Gasteiger partial charge in [-0.2, -0.15) is 13.2 Å². The van der Waals surface area contributed by atoms with E-state index in [-0.39, 0.29) is 0 Å². The maximum absolute atomic E-state index is 13.3. The maximum Gasteiger partial charge on any atom is 0.419 e. The van der Waals surface area contributed by atoms with Crippen molar-refractivity contribution in [3.63, 3.8) is 0 Å². The van der Waals surface area contributed by atoms with Crippen LogP contribution in [0.5, 0.6) is 0 Å². The highest BCUT2D eigenvalue weighted by Gasteiger charge is 2.34. The van der Waals surface area contributed by atoms with Crippen molar-refractivity contribution >= 4 is 5.57 Å². The van der Waals surface area contributed by atoms with Gasteiger partial charge in [-0.1, -0.05) is 12.1 Å². The van der Waals surface area contributed by atoms with Gasteiger partial charge in [-0.15, -0.1) is 0 Å². The molecular formula is C12H10F4. The van der Waals surface area contributed by atoms with Crippen LogP contribution in [0.4, 0.5) is 17.6 Å². The normalized spacial score (nSPS) is 16.4. The molecule has 0 saturated carbocycles. The molecule has 0 unspecified atom stereocenters. The van der Waals surface area contributed by atoms with Crippen LogP contribution >= 0.6 is 0 Å². The minimum absolute atomic E-state index is 0.558. The van der Waals surface area contributed by atoms with Crippen molar-refractivity contribution in [1.82, 2.24) is 0 Å². The summed E-state index contributed by atoms with van der Waals surface area (Å²) in [5.74, 6) is -1.20. The van der Waals surface area contributed by atoms with Gasteiger partial charge in [-0.3, -0.25) is 0 Å². The molecule has 1 aromatic carbocycles. The Hall–Kier alpha value is -1.32.